The number of aromatic nitrogens is 1. The van der Waals surface area contributed by atoms with Gasteiger partial charge in [-0.15, -0.1) is 0 Å². The highest BCUT2D eigenvalue weighted by Gasteiger charge is 2.19. The molecule has 2 aromatic heterocycles. The van der Waals surface area contributed by atoms with Gasteiger partial charge < -0.3 is 23.8 Å². The van der Waals surface area contributed by atoms with Crippen LogP contribution in [0.5, 0.6) is 5.75 Å². The van der Waals surface area contributed by atoms with E-state index in [-0.39, 0.29) is 17.6 Å². The maximum atomic E-state index is 9.31. The zero-order valence-electron chi connectivity index (χ0n) is 14.9. The number of methoxy groups -OCH3 is 1. The first-order chi connectivity index (χ1) is 12.6. The van der Waals surface area contributed by atoms with Crippen LogP contribution in [0.15, 0.2) is 51.5 Å². The summed E-state index contributed by atoms with van der Waals surface area (Å²) in [7, 11) is 5.64. The topological polar surface area (TPSA) is 87.5 Å². The molecule has 7 nitrogen and oxygen atoms in total. The van der Waals surface area contributed by atoms with E-state index in [0.29, 0.717) is 18.2 Å². The molecule has 0 radical (unpaired) electrons. The van der Waals surface area contributed by atoms with Gasteiger partial charge >= 0.3 is 0 Å². The molecule has 0 unspecified atom stereocenters. The molecule has 0 saturated carbocycles. The molecule has 0 aliphatic heterocycles. The smallest absolute Gasteiger partial charge is 0.266 e. The minimum Gasteiger partial charge on any atom is -0.497 e. The van der Waals surface area contributed by atoms with Crippen molar-refractivity contribution in [3.63, 3.8) is 0 Å². The molecule has 0 bridgehead atoms. The average molecular weight is 352 g/mol. The van der Waals surface area contributed by atoms with Crippen LogP contribution in [-0.2, 0) is 0 Å². The number of nitrogens with one attached hydrogen (secondary N) is 1. The first kappa shape index (κ1) is 17.6. The Hall–Kier alpha value is -3.24. The van der Waals surface area contributed by atoms with Crippen molar-refractivity contribution >= 4 is 5.88 Å². The van der Waals surface area contributed by atoms with Crippen molar-refractivity contribution in [2.24, 2.45) is 0 Å². The fourth-order valence-electron chi connectivity index (χ4n) is 2.64. The lowest BCUT2D eigenvalue weighted by molar-refractivity contribution is 0.310. The highest BCUT2D eigenvalue weighted by Crippen LogP contribution is 2.27. The highest BCUT2D eigenvalue weighted by atomic mass is 16.5. The van der Waals surface area contributed by atoms with Crippen LogP contribution in [0.1, 0.15) is 17.3 Å². The Morgan fingerprint density at radius 3 is 2.62 bits per heavy atom. The maximum absolute atomic E-state index is 9.31. The quantitative estimate of drug-likeness (QED) is 0.696. The molecular weight excluding hydrogens is 332 g/mol. The number of hydrogen-bond acceptors (Lipinski definition) is 7. The monoisotopic (exact) mass is 352 g/mol. The second kappa shape index (κ2) is 7.76. The normalized spacial score (nSPS) is 12.0. The predicted octanol–water partition coefficient (Wildman–Crippen LogP) is 3.53. The lowest BCUT2D eigenvalue weighted by Crippen LogP contribution is -2.26. The van der Waals surface area contributed by atoms with E-state index in [2.05, 4.69) is 15.2 Å². The molecule has 0 aliphatic carbocycles. The van der Waals surface area contributed by atoms with Gasteiger partial charge in [0, 0.05) is 6.54 Å². The van der Waals surface area contributed by atoms with Crippen molar-refractivity contribution in [1.29, 1.82) is 5.26 Å². The van der Waals surface area contributed by atoms with E-state index in [9.17, 15) is 5.26 Å². The second-order valence-corrected chi connectivity index (χ2v) is 5.92. The summed E-state index contributed by atoms with van der Waals surface area (Å²) in [4.78, 5) is 6.26. The van der Waals surface area contributed by atoms with Gasteiger partial charge in [-0.3, -0.25) is 0 Å². The second-order valence-electron chi connectivity index (χ2n) is 5.92. The van der Waals surface area contributed by atoms with Crippen molar-refractivity contribution in [3.05, 3.63) is 53.9 Å². The van der Waals surface area contributed by atoms with Gasteiger partial charge in [0.25, 0.3) is 5.89 Å². The van der Waals surface area contributed by atoms with E-state index in [0.717, 1.165) is 11.3 Å². The molecule has 3 rings (SSSR count). The SMILES string of the molecule is COc1ccc([C@@H](CNc2oc(-c3ccco3)nc2C#N)N(C)C)cc1. The van der Waals surface area contributed by atoms with E-state index in [1.54, 1.807) is 19.2 Å². The van der Waals surface area contributed by atoms with Crippen LogP contribution >= 0.6 is 0 Å². The fourth-order valence-corrected chi connectivity index (χ4v) is 2.64. The van der Waals surface area contributed by atoms with Gasteiger partial charge in [0.15, 0.2) is 5.76 Å². The van der Waals surface area contributed by atoms with Gasteiger partial charge in [0.05, 0.1) is 19.4 Å². The van der Waals surface area contributed by atoms with E-state index < -0.39 is 0 Å². The Kier molecular flexibility index (Phi) is 5.25. The fraction of sp³-hybridized carbons (Fsp3) is 0.263. The first-order valence-corrected chi connectivity index (χ1v) is 8.11. The molecule has 1 aromatic carbocycles. The summed E-state index contributed by atoms with van der Waals surface area (Å²) in [5.41, 5.74) is 1.32. The number of nitrogens with zero attached hydrogens (tertiary/aromatic N) is 3. The molecule has 7 heteroatoms. The first-order valence-electron chi connectivity index (χ1n) is 8.11. The number of rotatable bonds is 7. The number of ether oxygens (including phenoxy) is 1. The zero-order valence-corrected chi connectivity index (χ0v) is 14.9. The number of hydrogen-bond donors (Lipinski definition) is 1. The Balaban J connectivity index is 1.78. The molecule has 1 atom stereocenters. The van der Waals surface area contributed by atoms with Crippen molar-refractivity contribution in [3.8, 4) is 23.5 Å². The standard InChI is InChI=1S/C19H20N4O3/c1-23(2)16(13-6-8-14(24-3)9-7-13)12-21-18-15(11-20)22-19(26-18)17-5-4-10-25-17/h4-10,16,21H,12H2,1-3H3/t16-/m1/s1. The summed E-state index contributed by atoms with van der Waals surface area (Å²) >= 11 is 0. The molecule has 1 N–H and O–H groups in total. The van der Waals surface area contributed by atoms with E-state index in [1.807, 2.05) is 44.4 Å². The number of anilines is 1. The van der Waals surface area contributed by atoms with Gasteiger partial charge in [0.2, 0.25) is 11.6 Å². The molecule has 134 valence electrons. The predicted molar refractivity (Wildman–Crippen MR) is 96.8 cm³/mol. The molecule has 0 amide bonds. The van der Waals surface area contributed by atoms with Gasteiger partial charge in [-0.2, -0.15) is 10.2 Å². The van der Waals surface area contributed by atoms with E-state index in [4.69, 9.17) is 13.6 Å². The summed E-state index contributed by atoms with van der Waals surface area (Å²) in [5.74, 6) is 1.90. The minimum absolute atomic E-state index is 0.0737. The third-order valence-corrected chi connectivity index (χ3v) is 4.04. The summed E-state index contributed by atoms with van der Waals surface area (Å²) in [6.45, 7) is 0.542. The summed E-state index contributed by atoms with van der Waals surface area (Å²) in [6.07, 6.45) is 1.53. The largest absolute Gasteiger partial charge is 0.497 e. The average Bonchev–Trinajstić information content (AvgIpc) is 3.31. The number of furan rings is 1. The molecule has 2 heterocycles. The van der Waals surface area contributed by atoms with Crippen molar-refractivity contribution in [2.75, 3.05) is 33.1 Å². The molecule has 0 aliphatic rings. The van der Waals surface area contributed by atoms with Crippen LogP contribution in [0.25, 0.3) is 11.7 Å². The van der Waals surface area contributed by atoms with Gasteiger partial charge in [-0.25, -0.2) is 0 Å². The van der Waals surface area contributed by atoms with Gasteiger partial charge in [0.1, 0.15) is 11.8 Å². The van der Waals surface area contributed by atoms with Gasteiger partial charge in [-0.05, 0) is 43.9 Å². The van der Waals surface area contributed by atoms with E-state index in [1.165, 1.54) is 6.26 Å². The van der Waals surface area contributed by atoms with Crippen LogP contribution in [0.3, 0.4) is 0 Å². The molecule has 0 saturated heterocycles. The highest BCUT2D eigenvalue weighted by molar-refractivity contribution is 5.54. The Morgan fingerprint density at radius 1 is 1.27 bits per heavy atom. The minimum atomic E-state index is 0.0737. The summed E-state index contributed by atoms with van der Waals surface area (Å²) in [6, 6.07) is 13.5. The van der Waals surface area contributed by atoms with Gasteiger partial charge in [-0.1, -0.05) is 12.1 Å². The van der Waals surface area contributed by atoms with Crippen LogP contribution < -0.4 is 10.1 Å². The summed E-state index contributed by atoms with van der Waals surface area (Å²) < 4.78 is 16.2. The number of benzene rings is 1. The number of oxazole rings is 1. The van der Waals surface area contributed by atoms with Crippen LogP contribution in [-0.4, -0.2) is 37.6 Å². The van der Waals surface area contributed by atoms with Crippen molar-refractivity contribution in [1.82, 2.24) is 9.88 Å². The third-order valence-electron chi connectivity index (χ3n) is 4.04. The molecular formula is C19H20N4O3. The van der Waals surface area contributed by atoms with Crippen LogP contribution in [0.4, 0.5) is 5.88 Å². The van der Waals surface area contributed by atoms with Crippen molar-refractivity contribution in [2.45, 2.75) is 6.04 Å². The summed E-state index contributed by atoms with van der Waals surface area (Å²) in [5, 5.41) is 12.5. The number of likely N-dealkylation sites (N-methyl/N-ethyl adjacent to an activating group) is 1. The maximum Gasteiger partial charge on any atom is 0.266 e. The molecule has 0 fully saturated rings. The molecule has 0 spiro atoms. The lowest BCUT2D eigenvalue weighted by atomic mass is 10.1. The number of nitriles is 1. The Morgan fingerprint density at radius 2 is 2.04 bits per heavy atom. The van der Waals surface area contributed by atoms with E-state index >= 15 is 0 Å². The zero-order chi connectivity index (χ0) is 18.5. The molecule has 26 heavy (non-hydrogen) atoms. The van der Waals surface area contributed by atoms with Crippen LogP contribution in [0, 0.1) is 11.3 Å². The van der Waals surface area contributed by atoms with Crippen LogP contribution in [0.2, 0.25) is 0 Å². The Labute approximate surface area is 151 Å². The Bertz CT molecular complexity index is 877. The third kappa shape index (κ3) is 3.71. The molecule has 3 aromatic rings. The van der Waals surface area contributed by atoms with Crippen molar-refractivity contribution < 1.29 is 13.6 Å². The lowest BCUT2D eigenvalue weighted by Gasteiger charge is -2.25.